The first-order chi connectivity index (χ1) is 12.0. The van der Waals surface area contributed by atoms with Crippen molar-refractivity contribution in [3.63, 3.8) is 0 Å². The molecule has 8 heteroatoms. The minimum absolute atomic E-state index is 0.107. The highest BCUT2D eigenvalue weighted by Gasteiger charge is 2.15. The van der Waals surface area contributed by atoms with Crippen molar-refractivity contribution in [3.05, 3.63) is 64.7 Å². The molecule has 1 N–H and O–H groups in total. The first kappa shape index (κ1) is 17.5. The third-order valence-electron chi connectivity index (χ3n) is 3.70. The number of hydrogen-bond acceptors (Lipinski definition) is 3. The van der Waals surface area contributed by atoms with Gasteiger partial charge in [-0.25, -0.2) is 0 Å². The third-order valence-corrected chi connectivity index (χ3v) is 4.27. The molecule has 0 saturated heterocycles. The number of nitrogens with zero attached hydrogens (tertiary/aromatic N) is 4. The maximum absolute atomic E-state index is 12.3. The summed E-state index contributed by atoms with van der Waals surface area (Å²) in [6, 6.07) is 7.59. The molecule has 3 aromatic rings. The zero-order valence-corrected chi connectivity index (χ0v) is 15.1. The molecule has 0 bridgehead atoms. The number of aromatic nitrogens is 4. The molecule has 0 saturated carbocycles. The van der Waals surface area contributed by atoms with Crippen molar-refractivity contribution in [2.75, 3.05) is 5.32 Å². The topological polar surface area (TPSA) is 64.7 Å². The maximum atomic E-state index is 12.3. The Morgan fingerprint density at radius 2 is 1.92 bits per heavy atom. The summed E-state index contributed by atoms with van der Waals surface area (Å²) in [5.74, 6) is -0.369. The van der Waals surface area contributed by atoms with Crippen LogP contribution in [0, 0.1) is 5.92 Å². The average molecular weight is 378 g/mol. The summed E-state index contributed by atoms with van der Waals surface area (Å²) < 4.78 is 3.38. The van der Waals surface area contributed by atoms with Crippen molar-refractivity contribution in [1.82, 2.24) is 19.6 Å². The van der Waals surface area contributed by atoms with E-state index in [9.17, 15) is 4.79 Å². The molecule has 3 rings (SSSR count). The fraction of sp³-hybridized carbons (Fsp3) is 0.235. The Bertz CT molecular complexity index is 873. The van der Waals surface area contributed by atoms with Gasteiger partial charge in [0.2, 0.25) is 5.91 Å². The first-order valence-corrected chi connectivity index (χ1v) is 8.51. The highest BCUT2D eigenvalue weighted by Crippen LogP contribution is 2.17. The van der Waals surface area contributed by atoms with Gasteiger partial charge in [-0.1, -0.05) is 48.3 Å². The molecule has 130 valence electrons. The molecule has 0 spiro atoms. The number of rotatable bonds is 6. The Labute approximate surface area is 155 Å². The van der Waals surface area contributed by atoms with E-state index in [1.54, 1.807) is 34.2 Å². The van der Waals surface area contributed by atoms with Gasteiger partial charge in [-0.3, -0.25) is 14.2 Å². The van der Waals surface area contributed by atoms with Crippen molar-refractivity contribution in [3.8, 4) is 0 Å². The van der Waals surface area contributed by atoms with Gasteiger partial charge in [0.05, 0.1) is 42.1 Å². The number of halogens is 2. The average Bonchev–Trinajstić information content (AvgIpc) is 3.18. The fourth-order valence-electron chi connectivity index (χ4n) is 2.38. The number of anilines is 1. The van der Waals surface area contributed by atoms with E-state index in [0.717, 1.165) is 5.56 Å². The monoisotopic (exact) mass is 377 g/mol. The molecule has 0 aliphatic rings. The molecule has 0 aliphatic carbocycles. The van der Waals surface area contributed by atoms with E-state index in [-0.39, 0.29) is 11.8 Å². The van der Waals surface area contributed by atoms with Crippen LogP contribution in [0.4, 0.5) is 5.69 Å². The molecular weight excluding hydrogens is 361 g/mol. The van der Waals surface area contributed by atoms with Crippen LogP contribution in [0.1, 0.15) is 12.5 Å². The molecule has 1 amide bonds. The van der Waals surface area contributed by atoms with Crippen LogP contribution in [0.3, 0.4) is 0 Å². The van der Waals surface area contributed by atoms with Crippen LogP contribution in [-0.2, 0) is 17.9 Å². The van der Waals surface area contributed by atoms with Gasteiger partial charge in [-0.15, -0.1) is 0 Å². The van der Waals surface area contributed by atoms with Gasteiger partial charge in [0.15, 0.2) is 0 Å². The molecule has 0 fully saturated rings. The van der Waals surface area contributed by atoms with Gasteiger partial charge in [0.25, 0.3) is 0 Å². The molecule has 0 radical (unpaired) electrons. The van der Waals surface area contributed by atoms with E-state index < -0.39 is 0 Å². The Morgan fingerprint density at radius 3 is 2.64 bits per heavy atom. The molecule has 1 atom stereocenters. The lowest BCUT2D eigenvalue weighted by Gasteiger charge is -2.11. The zero-order chi connectivity index (χ0) is 17.8. The van der Waals surface area contributed by atoms with Crippen LogP contribution in [0.15, 0.2) is 49.1 Å². The van der Waals surface area contributed by atoms with Crippen LogP contribution in [0.2, 0.25) is 10.0 Å². The van der Waals surface area contributed by atoms with Crippen molar-refractivity contribution >= 4 is 34.8 Å². The van der Waals surface area contributed by atoms with Crippen molar-refractivity contribution in [2.24, 2.45) is 5.92 Å². The van der Waals surface area contributed by atoms with Gasteiger partial charge in [0, 0.05) is 17.4 Å². The summed E-state index contributed by atoms with van der Waals surface area (Å²) in [6.07, 6.45) is 6.63. The summed E-state index contributed by atoms with van der Waals surface area (Å²) in [5, 5.41) is 12.4. The van der Waals surface area contributed by atoms with E-state index in [1.165, 1.54) is 0 Å². The number of amides is 1. The second-order valence-electron chi connectivity index (χ2n) is 5.79. The number of benzene rings is 1. The van der Waals surface area contributed by atoms with Gasteiger partial charge < -0.3 is 5.32 Å². The quantitative estimate of drug-likeness (QED) is 0.711. The first-order valence-electron chi connectivity index (χ1n) is 7.76. The SMILES string of the molecule is CC(Cn1cc(Cl)cn1)C(=O)Nc1cnn(Cc2ccccc2Cl)c1. The van der Waals surface area contributed by atoms with Crippen LogP contribution < -0.4 is 5.32 Å². The minimum Gasteiger partial charge on any atom is -0.323 e. The van der Waals surface area contributed by atoms with Gasteiger partial charge >= 0.3 is 0 Å². The molecule has 25 heavy (non-hydrogen) atoms. The van der Waals surface area contributed by atoms with Crippen molar-refractivity contribution in [2.45, 2.75) is 20.0 Å². The van der Waals surface area contributed by atoms with Crippen molar-refractivity contribution in [1.29, 1.82) is 0 Å². The van der Waals surface area contributed by atoms with Crippen LogP contribution in [0.5, 0.6) is 0 Å². The van der Waals surface area contributed by atoms with Crippen LogP contribution in [0.25, 0.3) is 0 Å². The number of hydrogen-bond donors (Lipinski definition) is 1. The van der Waals surface area contributed by atoms with Crippen LogP contribution >= 0.6 is 23.2 Å². The molecule has 2 aromatic heterocycles. The van der Waals surface area contributed by atoms with E-state index in [1.807, 2.05) is 31.2 Å². The van der Waals surface area contributed by atoms with E-state index in [2.05, 4.69) is 15.5 Å². The molecule has 0 aliphatic heterocycles. The van der Waals surface area contributed by atoms with E-state index in [4.69, 9.17) is 23.2 Å². The minimum atomic E-state index is -0.261. The van der Waals surface area contributed by atoms with E-state index >= 15 is 0 Å². The summed E-state index contributed by atoms with van der Waals surface area (Å²) in [6.45, 7) is 2.82. The summed E-state index contributed by atoms with van der Waals surface area (Å²) in [7, 11) is 0. The van der Waals surface area contributed by atoms with Crippen LogP contribution in [-0.4, -0.2) is 25.5 Å². The highest BCUT2D eigenvalue weighted by molar-refractivity contribution is 6.31. The second-order valence-corrected chi connectivity index (χ2v) is 6.63. The van der Waals surface area contributed by atoms with E-state index in [0.29, 0.717) is 28.8 Å². The number of nitrogens with one attached hydrogen (secondary N) is 1. The lowest BCUT2D eigenvalue weighted by Crippen LogP contribution is -2.24. The zero-order valence-electron chi connectivity index (χ0n) is 13.6. The van der Waals surface area contributed by atoms with Gasteiger partial charge in [-0.2, -0.15) is 10.2 Å². The molecule has 1 unspecified atom stereocenters. The Morgan fingerprint density at radius 1 is 1.16 bits per heavy atom. The fourth-order valence-corrected chi connectivity index (χ4v) is 2.73. The molecule has 2 heterocycles. The predicted molar refractivity (Wildman–Crippen MR) is 97.8 cm³/mol. The molecule has 6 nitrogen and oxygen atoms in total. The predicted octanol–water partition coefficient (Wildman–Crippen LogP) is 3.71. The largest absolute Gasteiger partial charge is 0.323 e. The van der Waals surface area contributed by atoms with Gasteiger partial charge in [0.1, 0.15) is 0 Å². The normalized spacial score (nSPS) is 12.1. The molecule has 1 aromatic carbocycles. The smallest absolute Gasteiger partial charge is 0.229 e. The summed E-state index contributed by atoms with van der Waals surface area (Å²) in [5.41, 5.74) is 1.61. The van der Waals surface area contributed by atoms with Crippen molar-refractivity contribution < 1.29 is 4.79 Å². The van der Waals surface area contributed by atoms with Gasteiger partial charge in [-0.05, 0) is 11.6 Å². The Kier molecular flexibility index (Phi) is 5.40. The lowest BCUT2D eigenvalue weighted by molar-refractivity contribution is -0.119. The Balaban J connectivity index is 1.59. The maximum Gasteiger partial charge on any atom is 0.229 e. The lowest BCUT2D eigenvalue weighted by atomic mass is 10.1. The standard InChI is InChI=1S/C17H17Cl2N5O/c1-12(8-23-10-14(18)6-20-23)17(25)22-15-7-21-24(11-15)9-13-4-2-3-5-16(13)19/h2-7,10-12H,8-9H2,1H3,(H,22,25). The summed E-state index contributed by atoms with van der Waals surface area (Å²) in [4.78, 5) is 12.3. The third kappa shape index (κ3) is 4.61. The number of carbonyl (C=O) groups excluding carboxylic acids is 1. The second kappa shape index (κ2) is 7.72. The molecular formula is C17H17Cl2N5O. The highest BCUT2D eigenvalue weighted by atomic mass is 35.5. The Hall–Kier alpha value is -2.31. The number of carbonyl (C=O) groups is 1. The summed E-state index contributed by atoms with van der Waals surface area (Å²) >= 11 is 12.0.